The first-order valence-corrected chi connectivity index (χ1v) is 6.40. The fourth-order valence-corrected chi connectivity index (χ4v) is 2.40. The smallest absolute Gasteiger partial charge is 0.267 e. The highest BCUT2D eigenvalue weighted by Gasteiger charge is 2.03. The van der Waals surface area contributed by atoms with Gasteiger partial charge < -0.3 is 5.73 Å². The van der Waals surface area contributed by atoms with Crippen molar-refractivity contribution in [2.24, 2.45) is 0 Å². The van der Waals surface area contributed by atoms with E-state index >= 15 is 0 Å². The van der Waals surface area contributed by atoms with E-state index in [1.165, 1.54) is 17.1 Å². The maximum atomic E-state index is 11.8. The first-order chi connectivity index (χ1) is 8.06. The molecule has 0 unspecified atom stereocenters. The highest BCUT2D eigenvalue weighted by atomic mass is 79.9. The van der Waals surface area contributed by atoms with Gasteiger partial charge in [0.05, 0.1) is 12.9 Å². The second kappa shape index (κ2) is 5.01. The molecule has 4 nitrogen and oxygen atoms in total. The lowest BCUT2D eigenvalue weighted by Crippen LogP contribution is -2.21. The van der Waals surface area contributed by atoms with Crippen molar-refractivity contribution in [3.8, 4) is 0 Å². The highest BCUT2D eigenvalue weighted by molar-refractivity contribution is 9.10. The lowest BCUT2D eigenvalue weighted by Gasteiger charge is -2.07. The summed E-state index contributed by atoms with van der Waals surface area (Å²) >= 11 is 6.53. The van der Waals surface area contributed by atoms with Crippen LogP contribution in [0.25, 0.3) is 0 Å². The molecule has 0 fully saturated rings. The zero-order valence-electron chi connectivity index (χ0n) is 8.73. The van der Waals surface area contributed by atoms with Gasteiger partial charge in [0.2, 0.25) is 0 Å². The van der Waals surface area contributed by atoms with E-state index in [1.54, 1.807) is 0 Å². The van der Waals surface area contributed by atoms with Crippen molar-refractivity contribution >= 4 is 37.5 Å². The third kappa shape index (κ3) is 2.95. The zero-order chi connectivity index (χ0) is 12.4. The van der Waals surface area contributed by atoms with Crippen molar-refractivity contribution in [3.63, 3.8) is 0 Å². The Balaban J connectivity index is 2.38. The lowest BCUT2D eigenvalue weighted by molar-refractivity contribution is 0.731. The molecule has 6 heteroatoms. The van der Waals surface area contributed by atoms with Gasteiger partial charge in [-0.05, 0) is 39.7 Å². The Kier molecular flexibility index (Phi) is 3.63. The minimum Gasteiger partial charge on any atom is -0.399 e. The van der Waals surface area contributed by atoms with Crippen molar-refractivity contribution in [3.05, 3.63) is 55.6 Å². The van der Waals surface area contributed by atoms with E-state index in [0.717, 1.165) is 10.0 Å². The largest absolute Gasteiger partial charge is 0.399 e. The molecule has 2 aromatic rings. The molecule has 1 aromatic heterocycles. The average Bonchev–Trinajstić information content (AvgIpc) is 2.23. The Bertz CT molecular complexity index is 590. The molecule has 88 valence electrons. The van der Waals surface area contributed by atoms with Crippen LogP contribution < -0.4 is 11.3 Å². The summed E-state index contributed by atoms with van der Waals surface area (Å²) in [5.41, 5.74) is 7.23. The zero-order valence-corrected chi connectivity index (χ0v) is 11.9. The summed E-state index contributed by atoms with van der Waals surface area (Å²) in [5.74, 6) is 0. The van der Waals surface area contributed by atoms with Crippen molar-refractivity contribution in [1.29, 1.82) is 0 Å². The molecule has 0 aliphatic heterocycles. The van der Waals surface area contributed by atoms with Gasteiger partial charge in [0.15, 0.2) is 0 Å². The SMILES string of the molecule is Nc1cc(Br)cc(Cn2cncc(Br)c2=O)c1. The molecule has 2 rings (SSSR count). The summed E-state index contributed by atoms with van der Waals surface area (Å²) in [5, 5.41) is 0. The summed E-state index contributed by atoms with van der Waals surface area (Å²) in [6, 6.07) is 5.56. The lowest BCUT2D eigenvalue weighted by atomic mass is 10.2. The first-order valence-electron chi connectivity index (χ1n) is 4.81. The van der Waals surface area contributed by atoms with E-state index in [2.05, 4.69) is 36.8 Å². The number of halogens is 2. The molecule has 0 spiro atoms. The molecule has 1 heterocycles. The van der Waals surface area contributed by atoms with E-state index in [-0.39, 0.29) is 5.56 Å². The van der Waals surface area contributed by atoms with Crippen LogP contribution in [0.15, 0.2) is 44.5 Å². The third-order valence-electron chi connectivity index (χ3n) is 2.19. The van der Waals surface area contributed by atoms with Gasteiger partial charge in [-0.1, -0.05) is 15.9 Å². The van der Waals surface area contributed by atoms with Gasteiger partial charge >= 0.3 is 0 Å². The van der Waals surface area contributed by atoms with Crippen LogP contribution in [0.2, 0.25) is 0 Å². The predicted octanol–water partition coefficient (Wildman–Crippen LogP) is 2.40. The second-order valence-corrected chi connectivity index (χ2v) is 5.34. The number of nitrogens with two attached hydrogens (primary N) is 1. The van der Waals surface area contributed by atoms with Crippen LogP contribution >= 0.6 is 31.9 Å². The Morgan fingerprint density at radius 3 is 2.76 bits per heavy atom. The van der Waals surface area contributed by atoms with Crippen LogP contribution in [0.4, 0.5) is 5.69 Å². The molecule has 1 aromatic carbocycles. The Morgan fingerprint density at radius 2 is 2.06 bits per heavy atom. The number of hydrogen-bond donors (Lipinski definition) is 1. The topological polar surface area (TPSA) is 60.9 Å². The van der Waals surface area contributed by atoms with Gasteiger partial charge in [0.25, 0.3) is 5.56 Å². The number of benzene rings is 1. The molecule has 0 saturated heterocycles. The van der Waals surface area contributed by atoms with Crippen LogP contribution in [0, 0.1) is 0 Å². The van der Waals surface area contributed by atoms with Crippen molar-refractivity contribution < 1.29 is 0 Å². The van der Waals surface area contributed by atoms with Crippen molar-refractivity contribution in [2.45, 2.75) is 6.54 Å². The van der Waals surface area contributed by atoms with Crippen LogP contribution in [-0.2, 0) is 6.54 Å². The molecule has 0 radical (unpaired) electrons. The van der Waals surface area contributed by atoms with Crippen molar-refractivity contribution in [2.75, 3.05) is 5.73 Å². The number of anilines is 1. The summed E-state index contributed by atoms with van der Waals surface area (Å²) in [4.78, 5) is 15.7. The summed E-state index contributed by atoms with van der Waals surface area (Å²) in [6.45, 7) is 0.439. The molecule has 0 aliphatic carbocycles. The van der Waals surface area contributed by atoms with Gasteiger partial charge in [-0.15, -0.1) is 0 Å². The number of rotatable bonds is 2. The molecule has 0 atom stereocenters. The minimum absolute atomic E-state index is 0.112. The van der Waals surface area contributed by atoms with Gasteiger partial charge in [-0.2, -0.15) is 0 Å². The number of nitrogen functional groups attached to an aromatic ring is 1. The predicted molar refractivity (Wildman–Crippen MR) is 73.9 cm³/mol. The number of nitrogens with zero attached hydrogens (tertiary/aromatic N) is 2. The van der Waals surface area contributed by atoms with Gasteiger partial charge in [-0.25, -0.2) is 4.98 Å². The highest BCUT2D eigenvalue weighted by Crippen LogP contribution is 2.17. The monoisotopic (exact) mass is 357 g/mol. The summed E-state index contributed by atoms with van der Waals surface area (Å²) < 4.78 is 2.86. The maximum absolute atomic E-state index is 11.8. The quantitative estimate of drug-likeness (QED) is 0.838. The van der Waals surface area contributed by atoms with Gasteiger partial charge in [0, 0.05) is 16.4 Å². The van der Waals surface area contributed by atoms with Gasteiger partial charge in [-0.3, -0.25) is 9.36 Å². The van der Waals surface area contributed by atoms with E-state index in [9.17, 15) is 4.79 Å². The molecule has 0 saturated carbocycles. The third-order valence-corrected chi connectivity index (χ3v) is 3.19. The van der Waals surface area contributed by atoms with Crippen LogP contribution in [0.3, 0.4) is 0 Å². The molecule has 0 bridgehead atoms. The van der Waals surface area contributed by atoms with E-state index < -0.39 is 0 Å². The minimum atomic E-state index is -0.112. The Labute approximate surface area is 115 Å². The van der Waals surface area contributed by atoms with Crippen molar-refractivity contribution in [1.82, 2.24) is 9.55 Å². The Hall–Kier alpha value is -1.14. The fourth-order valence-electron chi connectivity index (χ4n) is 1.50. The number of hydrogen-bond acceptors (Lipinski definition) is 3. The molecular weight excluding hydrogens is 350 g/mol. The molecule has 17 heavy (non-hydrogen) atoms. The van der Waals surface area contributed by atoms with E-state index in [4.69, 9.17) is 5.73 Å². The molecule has 2 N–H and O–H groups in total. The second-order valence-electron chi connectivity index (χ2n) is 3.57. The van der Waals surface area contributed by atoms with Crippen LogP contribution in [0.1, 0.15) is 5.56 Å². The standard InChI is InChI=1S/C11H9Br2N3O/c12-8-1-7(2-9(14)3-8)5-16-6-15-4-10(13)11(16)17/h1-4,6H,5,14H2. The fraction of sp³-hybridized carbons (Fsp3) is 0.0909. The summed E-state index contributed by atoms with van der Waals surface area (Å²) in [6.07, 6.45) is 2.98. The maximum Gasteiger partial charge on any atom is 0.267 e. The van der Waals surface area contributed by atoms with E-state index in [1.807, 2.05) is 18.2 Å². The first kappa shape index (κ1) is 12.3. The Morgan fingerprint density at radius 1 is 1.29 bits per heavy atom. The van der Waals surface area contributed by atoms with Crippen LogP contribution in [0.5, 0.6) is 0 Å². The summed E-state index contributed by atoms with van der Waals surface area (Å²) in [7, 11) is 0. The molecule has 0 amide bonds. The average molecular weight is 359 g/mol. The molecule has 0 aliphatic rings. The van der Waals surface area contributed by atoms with Crippen LogP contribution in [-0.4, -0.2) is 9.55 Å². The molecular formula is C11H9Br2N3O. The normalized spacial score (nSPS) is 10.5. The van der Waals surface area contributed by atoms with Gasteiger partial charge in [0.1, 0.15) is 4.47 Å². The van der Waals surface area contributed by atoms with E-state index in [0.29, 0.717) is 16.7 Å². The number of aromatic nitrogens is 2.